The summed E-state index contributed by atoms with van der Waals surface area (Å²) in [5, 5.41) is 16.4. The maximum atomic E-state index is 13.6. The number of carbonyl (C=O) groups is 2. The highest BCUT2D eigenvalue weighted by Crippen LogP contribution is 2.25. The van der Waals surface area contributed by atoms with Crippen molar-refractivity contribution in [1.29, 1.82) is 0 Å². The van der Waals surface area contributed by atoms with Crippen molar-refractivity contribution in [2.75, 3.05) is 7.05 Å². The first-order valence-corrected chi connectivity index (χ1v) is 11.9. The zero-order valence-electron chi connectivity index (χ0n) is 19.3. The number of thiophene rings is 1. The number of likely N-dealkylation sites (N-methyl/N-ethyl adjacent to an activating group) is 1. The molecular weight excluding hydrogens is 446 g/mol. The van der Waals surface area contributed by atoms with Crippen LogP contribution >= 0.6 is 11.3 Å². The number of benzene rings is 2. The van der Waals surface area contributed by atoms with Gasteiger partial charge in [-0.1, -0.05) is 54.6 Å². The molecule has 2 atom stereocenters. The van der Waals surface area contributed by atoms with Gasteiger partial charge in [0.1, 0.15) is 5.70 Å². The highest BCUT2D eigenvalue weighted by molar-refractivity contribution is 7.12. The van der Waals surface area contributed by atoms with Gasteiger partial charge in [0.25, 0.3) is 11.8 Å². The van der Waals surface area contributed by atoms with E-state index in [9.17, 15) is 14.7 Å². The van der Waals surface area contributed by atoms with Crippen molar-refractivity contribution < 1.29 is 14.7 Å². The van der Waals surface area contributed by atoms with Crippen molar-refractivity contribution in [3.8, 4) is 0 Å². The Morgan fingerprint density at radius 3 is 2.47 bits per heavy atom. The van der Waals surface area contributed by atoms with Gasteiger partial charge in [0.2, 0.25) is 0 Å². The Morgan fingerprint density at radius 2 is 1.76 bits per heavy atom. The number of hydrogen-bond donors (Lipinski definition) is 2. The van der Waals surface area contributed by atoms with Crippen LogP contribution in [0.15, 0.2) is 84.0 Å². The summed E-state index contributed by atoms with van der Waals surface area (Å²) in [6.07, 6.45) is 2.76. The number of aliphatic hydroxyl groups excluding tert-OH is 1. The van der Waals surface area contributed by atoms with Gasteiger partial charge in [0.05, 0.1) is 17.0 Å². The fourth-order valence-electron chi connectivity index (χ4n) is 3.90. The average Bonchev–Trinajstić information content (AvgIpc) is 3.51. The number of aryl methyl sites for hydroxylation is 1. The van der Waals surface area contributed by atoms with Crippen LogP contribution in [0, 0.1) is 0 Å². The van der Waals surface area contributed by atoms with Crippen LogP contribution in [-0.2, 0) is 11.8 Å². The van der Waals surface area contributed by atoms with Gasteiger partial charge in [0, 0.05) is 36.8 Å². The highest BCUT2D eigenvalue weighted by atomic mass is 32.1. The van der Waals surface area contributed by atoms with Crippen LogP contribution in [0.5, 0.6) is 0 Å². The molecule has 2 heterocycles. The third kappa shape index (κ3) is 4.81. The van der Waals surface area contributed by atoms with Gasteiger partial charge in [0.15, 0.2) is 0 Å². The fourth-order valence-corrected chi connectivity index (χ4v) is 4.52. The van der Waals surface area contributed by atoms with Gasteiger partial charge in [-0.05, 0) is 36.1 Å². The third-order valence-corrected chi connectivity index (χ3v) is 6.85. The normalized spacial score (nSPS) is 13.5. The number of fused-ring (bicyclic) bond motifs is 1. The summed E-state index contributed by atoms with van der Waals surface area (Å²) >= 11 is 1.31. The van der Waals surface area contributed by atoms with Crippen LogP contribution in [0.25, 0.3) is 17.0 Å². The highest BCUT2D eigenvalue weighted by Gasteiger charge is 2.27. The zero-order chi connectivity index (χ0) is 24.2. The van der Waals surface area contributed by atoms with Crippen molar-refractivity contribution in [2.45, 2.75) is 19.1 Å². The standard InChI is InChI=1S/C27H27N3O3S/c1-18(25(31)19-10-5-4-6-11-19)30(3)27(33)22(28-26(32)24-14-9-15-34-24)16-20-17-29(2)23-13-8-7-12-21(20)23/h4-18,25,31H,1-3H3,(H,28,32)/b22-16-. The second-order valence-electron chi connectivity index (χ2n) is 8.21. The molecule has 7 heteroatoms. The molecule has 0 aliphatic heterocycles. The molecule has 2 amide bonds. The number of rotatable bonds is 7. The van der Waals surface area contributed by atoms with E-state index < -0.39 is 12.1 Å². The van der Waals surface area contributed by atoms with Gasteiger partial charge >= 0.3 is 0 Å². The first-order valence-electron chi connectivity index (χ1n) is 11.0. The van der Waals surface area contributed by atoms with Gasteiger partial charge in [-0.25, -0.2) is 0 Å². The Labute approximate surface area is 202 Å². The minimum atomic E-state index is -0.873. The summed E-state index contributed by atoms with van der Waals surface area (Å²) in [5.41, 5.74) is 2.70. The van der Waals surface area contributed by atoms with E-state index in [0.29, 0.717) is 4.88 Å². The second-order valence-corrected chi connectivity index (χ2v) is 9.16. The minimum absolute atomic E-state index is 0.143. The molecule has 0 aliphatic carbocycles. The molecule has 2 aromatic heterocycles. The van der Waals surface area contributed by atoms with Crippen LogP contribution in [0.2, 0.25) is 0 Å². The maximum absolute atomic E-state index is 13.6. The fraction of sp³-hybridized carbons (Fsp3) is 0.185. The van der Waals surface area contributed by atoms with Gasteiger partial charge in [-0.3, -0.25) is 9.59 Å². The van der Waals surface area contributed by atoms with Crippen LogP contribution in [0.3, 0.4) is 0 Å². The van der Waals surface area contributed by atoms with Crippen molar-refractivity contribution in [2.24, 2.45) is 7.05 Å². The molecular formula is C27H27N3O3S. The number of carbonyl (C=O) groups excluding carboxylic acids is 2. The summed E-state index contributed by atoms with van der Waals surface area (Å²) in [5.74, 6) is -0.736. The third-order valence-electron chi connectivity index (χ3n) is 5.98. The molecule has 0 fully saturated rings. The predicted molar refractivity (Wildman–Crippen MR) is 136 cm³/mol. The summed E-state index contributed by atoms with van der Waals surface area (Å²) < 4.78 is 1.98. The molecule has 0 radical (unpaired) electrons. The smallest absolute Gasteiger partial charge is 0.270 e. The van der Waals surface area contributed by atoms with E-state index in [1.54, 1.807) is 32.2 Å². The lowest BCUT2D eigenvalue weighted by molar-refractivity contribution is -0.130. The van der Waals surface area contributed by atoms with Crippen LogP contribution in [0.1, 0.15) is 33.8 Å². The van der Waals surface area contributed by atoms with Crippen LogP contribution in [0.4, 0.5) is 0 Å². The predicted octanol–water partition coefficient (Wildman–Crippen LogP) is 4.59. The summed E-state index contributed by atoms with van der Waals surface area (Å²) in [6.45, 7) is 1.78. The molecule has 2 unspecified atom stereocenters. The SMILES string of the molecule is CC(C(O)c1ccccc1)N(C)C(=O)/C(=C/c1cn(C)c2ccccc12)NC(=O)c1cccs1. The maximum Gasteiger partial charge on any atom is 0.270 e. The number of nitrogens with one attached hydrogen (secondary N) is 1. The molecule has 0 saturated carbocycles. The largest absolute Gasteiger partial charge is 0.386 e. The lowest BCUT2D eigenvalue weighted by Gasteiger charge is -2.30. The minimum Gasteiger partial charge on any atom is -0.386 e. The molecule has 0 aliphatic rings. The lowest BCUT2D eigenvalue weighted by Crippen LogP contribution is -2.43. The topological polar surface area (TPSA) is 74.6 Å². The average molecular weight is 474 g/mol. The molecule has 34 heavy (non-hydrogen) atoms. The van der Waals surface area contributed by atoms with E-state index in [1.165, 1.54) is 16.2 Å². The van der Waals surface area contributed by atoms with Crippen LogP contribution in [-0.4, -0.2) is 39.5 Å². The monoisotopic (exact) mass is 473 g/mol. The molecule has 174 valence electrons. The first-order chi connectivity index (χ1) is 16.4. The van der Waals surface area contributed by atoms with Crippen LogP contribution < -0.4 is 5.32 Å². The van der Waals surface area contributed by atoms with E-state index in [2.05, 4.69) is 5.32 Å². The number of hydrogen-bond acceptors (Lipinski definition) is 4. The molecule has 0 spiro atoms. The van der Waals surface area contributed by atoms with Gasteiger partial charge < -0.3 is 19.9 Å². The van der Waals surface area contributed by atoms with Crippen molar-refractivity contribution in [3.05, 3.63) is 100 Å². The number of aromatic nitrogens is 1. The molecule has 6 nitrogen and oxygen atoms in total. The molecule has 4 rings (SSSR count). The van der Waals surface area contributed by atoms with E-state index in [4.69, 9.17) is 0 Å². The summed E-state index contributed by atoms with van der Waals surface area (Å²) in [6, 6.07) is 20.1. The quantitative estimate of drug-likeness (QED) is 0.386. The van der Waals surface area contributed by atoms with Crippen molar-refractivity contribution in [1.82, 2.24) is 14.8 Å². The summed E-state index contributed by atoms with van der Waals surface area (Å²) in [4.78, 5) is 28.4. The van der Waals surface area contributed by atoms with Crippen molar-refractivity contribution in [3.63, 3.8) is 0 Å². The number of amides is 2. The number of nitrogens with zero attached hydrogens (tertiary/aromatic N) is 2. The van der Waals surface area contributed by atoms with Crippen molar-refractivity contribution >= 4 is 40.1 Å². The van der Waals surface area contributed by atoms with E-state index >= 15 is 0 Å². The molecule has 0 bridgehead atoms. The Morgan fingerprint density at radius 1 is 1.06 bits per heavy atom. The Kier molecular flexibility index (Phi) is 6.95. The van der Waals surface area contributed by atoms with E-state index in [0.717, 1.165) is 22.0 Å². The Hall–Kier alpha value is -3.68. The number of para-hydroxylation sites is 1. The Bertz CT molecular complexity index is 1330. The second kappa shape index (κ2) is 10.1. The number of aliphatic hydroxyl groups is 1. The van der Waals surface area contributed by atoms with E-state index in [-0.39, 0.29) is 17.5 Å². The molecule has 2 aromatic carbocycles. The van der Waals surface area contributed by atoms with E-state index in [1.807, 2.05) is 77.8 Å². The summed E-state index contributed by atoms with van der Waals surface area (Å²) in [7, 11) is 3.57. The van der Waals surface area contributed by atoms with Gasteiger partial charge in [-0.15, -0.1) is 11.3 Å². The first kappa shape index (κ1) is 23.5. The Balaban J connectivity index is 1.69. The molecule has 4 aromatic rings. The lowest BCUT2D eigenvalue weighted by atomic mass is 10.0. The van der Waals surface area contributed by atoms with Gasteiger partial charge in [-0.2, -0.15) is 0 Å². The molecule has 0 saturated heterocycles. The molecule has 2 N–H and O–H groups in total. The zero-order valence-corrected chi connectivity index (χ0v) is 20.1.